The third-order valence-corrected chi connectivity index (χ3v) is 3.69. The maximum absolute atomic E-state index is 11.0. The fourth-order valence-corrected chi connectivity index (χ4v) is 2.45. The number of nitrogens with zero attached hydrogens (tertiary/aromatic N) is 3. The van der Waals surface area contributed by atoms with Crippen molar-refractivity contribution in [3.05, 3.63) is 27.9 Å². The minimum absolute atomic E-state index is 0.125. The molecular weight excluding hydrogens is 276 g/mol. The molecule has 0 bridgehead atoms. The molecule has 2 heterocycles. The first-order valence-corrected chi connectivity index (χ1v) is 6.85. The Hall–Kier alpha value is -2.22. The van der Waals surface area contributed by atoms with Gasteiger partial charge in [-0.15, -0.1) is 0 Å². The van der Waals surface area contributed by atoms with Gasteiger partial charge in [-0.05, 0) is 25.4 Å². The number of carbonyl (C=O) groups is 1. The SMILES string of the molecule is CCN1CCC(CNc2ncc(C(=O)O)cc2[N+](=O)[O-])C1. The monoisotopic (exact) mass is 294 g/mol. The lowest BCUT2D eigenvalue weighted by molar-refractivity contribution is -0.384. The van der Waals surface area contributed by atoms with E-state index in [2.05, 4.69) is 22.1 Å². The molecule has 1 fully saturated rings. The van der Waals surface area contributed by atoms with Crippen LogP contribution in [-0.2, 0) is 0 Å². The molecule has 8 nitrogen and oxygen atoms in total. The average molecular weight is 294 g/mol. The number of likely N-dealkylation sites (tertiary alicyclic amines) is 1. The van der Waals surface area contributed by atoms with E-state index in [1.807, 2.05) is 0 Å². The number of pyridine rings is 1. The van der Waals surface area contributed by atoms with Gasteiger partial charge in [-0.2, -0.15) is 0 Å². The third-order valence-electron chi connectivity index (χ3n) is 3.69. The molecule has 8 heteroatoms. The van der Waals surface area contributed by atoms with Crippen molar-refractivity contribution < 1.29 is 14.8 Å². The lowest BCUT2D eigenvalue weighted by atomic mass is 10.1. The van der Waals surface area contributed by atoms with Crippen molar-refractivity contribution in [3.63, 3.8) is 0 Å². The summed E-state index contributed by atoms with van der Waals surface area (Å²) in [5.74, 6) is -0.683. The molecule has 0 saturated carbocycles. The number of anilines is 1. The van der Waals surface area contributed by atoms with Crippen molar-refractivity contribution in [1.82, 2.24) is 9.88 Å². The molecule has 1 saturated heterocycles. The molecule has 1 aliphatic rings. The molecule has 0 radical (unpaired) electrons. The number of hydrogen-bond donors (Lipinski definition) is 2. The van der Waals surface area contributed by atoms with E-state index in [1.165, 1.54) is 0 Å². The number of carboxylic acids is 1. The zero-order valence-electron chi connectivity index (χ0n) is 11.8. The Bertz CT molecular complexity index is 549. The molecule has 1 unspecified atom stereocenters. The summed E-state index contributed by atoms with van der Waals surface area (Å²) in [4.78, 5) is 27.4. The molecule has 2 N–H and O–H groups in total. The Morgan fingerprint density at radius 3 is 3.00 bits per heavy atom. The first-order valence-electron chi connectivity index (χ1n) is 6.85. The van der Waals surface area contributed by atoms with Crippen molar-refractivity contribution in [2.24, 2.45) is 5.92 Å². The molecule has 1 atom stereocenters. The van der Waals surface area contributed by atoms with Crippen LogP contribution in [0.3, 0.4) is 0 Å². The highest BCUT2D eigenvalue weighted by molar-refractivity contribution is 5.88. The van der Waals surface area contributed by atoms with Gasteiger partial charge < -0.3 is 15.3 Å². The number of hydrogen-bond acceptors (Lipinski definition) is 6. The Morgan fingerprint density at radius 2 is 2.43 bits per heavy atom. The van der Waals surface area contributed by atoms with E-state index in [-0.39, 0.29) is 17.1 Å². The van der Waals surface area contributed by atoms with E-state index < -0.39 is 10.9 Å². The molecule has 1 aromatic rings. The predicted octanol–water partition coefficient (Wildman–Crippen LogP) is 1.44. The van der Waals surface area contributed by atoms with Crippen molar-refractivity contribution in [2.45, 2.75) is 13.3 Å². The van der Waals surface area contributed by atoms with Gasteiger partial charge in [0.2, 0.25) is 5.82 Å². The second-order valence-corrected chi connectivity index (χ2v) is 5.08. The van der Waals surface area contributed by atoms with Crippen molar-refractivity contribution in [3.8, 4) is 0 Å². The van der Waals surface area contributed by atoms with Crippen LogP contribution in [0.4, 0.5) is 11.5 Å². The smallest absolute Gasteiger partial charge is 0.337 e. The van der Waals surface area contributed by atoms with Crippen molar-refractivity contribution >= 4 is 17.5 Å². The highest BCUT2D eigenvalue weighted by Gasteiger charge is 2.23. The molecule has 1 aromatic heterocycles. The van der Waals surface area contributed by atoms with Crippen molar-refractivity contribution in [2.75, 3.05) is 31.5 Å². The molecule has 114 valence electrons. The average Bonchev–Trinajstić information content (AvgIpc) is 2.92. The van der Waals surface area contributed by atoms with E-state index in [9.17, 15) is 14.9 Å². The standard InChI is InChI=1S/C13H18N4O4/c1-2-16-4-3-9(8-16)6-14-12-11(17(20)21)5-10(7-15-12)13(18)19/h5,7,9H,2-4,6,8H2,1H3,(H,14,15)(H,18,19). The zero-order valence-corrected chi connectivity index (χ0v) is 11.8. The van der Waals surface area contributed by atoms with Gasteiger partial charge >= 0.3 is 11.7 Å². The van der Waals surface area contributed by atoms with Crippen LogP contribution in [0.15, 0.2) is 12.3 Å². The predicted molar refractivity (Wildman–Crippen MR) is 76.6 cm³/mol. The molecule has 1 aliphatic heterocycles. The summed E-state index contributed by atoms with van der Waals surface area (Å²) in [5.41, 5.74) is -0.495. The summed E-state index contributed by atoms with van der Waals surface area (Å²) in [5, 5.41) is 22.8. The second-order valence-electron chi connectivity index (χ2n) is 5.08. The van der Waals surface area contributed by atoms with Crippen LogP contribution < -0.4 is 5.32 Å². The number of aromatic carboxylic acids is 1. The van der Waals surface area contributed by atoms with Crippen LogP contribution in [0.5, 0.6) is 0 Å². The minimum Gasteiger partial charge on any atom is -0.478 e. The topological polar surface area (TPSA) is 109 Å². The molecular formula is C13H18N4O4. The first kappa shape index (κ1) is 15.2. The summed E-state index contributed by atoms with van der Waals surface area (Å²) in [6.45, 7) is 5.70. The summed E-state index contributed by atoms with van der Waals surface area (Å²) in [7, 11) is 0. The van der Waals surface area contributed by atoms with E-state index in [4.69, 9.17) is 5.11 Å². The number of aromatic nitrogens is 1. The summed E-state index contributed by atoms with van der Waals surface area (Å²) < 4.78 is 0. The van der Waals surface area contributed by atoms with Gasteiger partial charge in [-0.1, -0.05) is 6.92 Å². The fraction of sp³-hybridized carbons (Fsp3) is 0.538. The molecule has 2 rings (SSSR count). The summed E-state index contributed by atoms with van der Waals surface area (Å²) in [6, 6.07) is 1.03. The van der Waals surface area contributed by atoms with E-state index in [1.54, 1.807) is 0 Å². The number of nitrogens with one attached hydrogen (secondary N) is 1. The highest BCUT2D eigenvalue weighted by Crippen LogP contribution is 2.24. The number of rotatable bonds is 6. The zero-order chi connectivity index (χ0) is 15.4. The lowest BCUT2D eigenvalue weighted by Gasteiger charge is -2.14. The molecule has 0 aromatic carbocycles. The Labute approximate surface area is 121 Å². The van der Waals surface area contributed by atoms with Crippen LogP contribution in [-0.4, -0.2) is 52.1 Å². The number of carboxylic acid groups (broad SMARTS) is 1. The quantitative estimate of drug-likeness (QED) is 0.603. The van der Waals surface area contributed by atoms with Gasteiger partial charge in [-0.3, -0.25) is 10.1 Å². The Kier molecular flexibility index (Phi) is 4.69. The highest BCUT2D eigenvalue weighted by atomic mass is 16.6. The van der Waals surface area contributed by atoms with Gasteiger partial charge in [0.1, 0.15) is 0 Å². The van der Waals surface area contributed by atoms with Crippen LogP contribution >= 0.6 is 0 Å². The maximum atomic E-state index is 11.0. The van der Waals surface area contributed by atoms with E-state index in [0.717, 1.165) is 38.3 Å². The van der Waals surface area contributed by atoms with E-state index >= 15 is 0 Å². The summed E-state index contributed by atoms with van der Waals surface area (Å²) in [6.07, 6.45) is 2.17. The van der Waals surface area contributed by atoms with Gasteiger partial charge in [0.25, 0.3) is 0 Å². The normalized spacial score (nSPS) is 18.6. The van der Waals surface area contributed by atoms with Gasteiger partial charge in [0.05, 0.1) is 10.5 Å². The van der Waals surface area contributed by atoms with Crippen molar-refractivity contribution in [1.29, 1.82) is 0 Å². The summed E-state index contributed by atoms with van der Waals surface area (Å²) >= 11 is 0. The Morgan fingerprint density at radius 1 is 1.67 bits per heavy atom. The van der Waals surface area contributed by atoms with Crippen LogP contribution in [0.25, 0.3) is 0 Å². The second kappa shape index (κ2) is 6.49. The van der Waals surface area contributed by atoms with Gasteiger partial charge in [0.15, 0.2) is 0 Å². The minimum atomic E-state index is -1.23. The molecule has 21 heavy (non-hydrogen) atoms. The largest absolute Gasteiger partial charge is 0.478 e. The molecule has 0 aliphatic carbocycles. The Balaban J connectivity index is 2.06. The van der Waals surface area contributed by atoms with Gasteiger partial charge in [0, 0.05) is 25.4 Å². The number of nitro groups is 1. The maximum Gasteiger partial charge on any atom is 0.337 e. The first-order chi connectivity index (χ1) is 10.0. The van der Waals surface area contributed by atoms with Crippen LogP contribution in [0, 0.1) is 16.0 Å². The molecule has 0 amide bonds. The van der Waals surface area contributed by atoms with E-state index in [0.29, 0.717) is 12.5 Å². The van der Waals surface area contributed by atoms with Gasteiger partial charge in [-0.25, -0.2) is 9.78 Å². The fourth-order valence-electron chi connectivity index (χ4n) is 2.45. The third kappa shape index (κ3) is 3.66. The lowest BCUT2D eigenvalue weighted by Crippen LogP contribution is -2.22. The van der Waals surface area contributed by atoms with Crippen LogP contribution in [0.1, 0.15) is 23.7 Å². The van der Waals surface area contributed by atoms with Crippen LogP contribution in [0.2, 0.25) is 0 Å². The molecule has 0 spiro atoms.